The third-order valence-corrected chi connectivity index (χ3v) is 5.79. The summed E-state index contributed by atoms with van der Waals surface area (Å²) in [5.41, 5.74) is 3.27. The molecular weight excluding hydrogens is 420 g/mol. The lowest BCUT2D eigenvalue weighted by atomic mass is 10.0. The zero-order valence-electron chi connectivity index (χ0n) is 18.6. The molecule has 0 unspecified atom stereocenters. The molecule has 3 aromatic rings. The average Bonchev–Trinajstić information content (AvgIpc) is 3.52. The van der Waals surface area contributed by atoms with Crippen molar-refractivity contribution < 1.29 is 14.4 Å². The van der Waals surface area contributed by atoms with Crippen LogP contribution >= 0.6 is 0 Å². The van der Waals surface area contributed by atoms with Crippen LogP contribution < -0.4 is 5.32 Å². The van der Waals surface area contributed by atoms with Crippen LogP contribution in [-0.4, -0.2) is 55.5 Å². The minimum atomic E-state index is -0.792. The highest BCUT2D eigenvalue weighted by Gasteiger charge is 2.37. The van der Waals surface area contributed by atoms with Gasteiger partial charge in [0.05, 0.1) is 29.3 Å². The largest absolute Gasteiger partial charge is 0.340 e. The highest BCUT2D eigenvalue weighted by molar-refractivity contribution is 6.24. The Morgan fingerprint density at radius 3 is 2.61 bits per heavy atom. The second-order valence-corrected chi connectivity index (χ2v) is 8.37. The lowest BCUT2D eigenvalue weighted by Gasteiger charge is -2.29. The number of pyridine rings is 2. The topological polar surface area (TPSA) is 121 Å². The zero-order valence-corrected chi connectivity index (χ0v) is 18.6. The molecule has 2 N–H and O–H groups in total. The van der Waals surface area contributed by atoms with Crippen LogP contribution in [-0.2, 0) is 14.4 Å². The molecule has 9 heteroatoms. The van der Waals surface area contributed by atoms with Gasteiger partial charge < -0.3 is 15.2 Å². The molecule has 1 fully saturated rings. The molecule has 0 aliphatic carbocycles. The van der Waals surface area contributed by atoms with E-state index in [-0.39, 0.29) is 24.2 Å². The Morgan fingerprint density at radius 2 is 1.94 bits per heavy atom. The van der Waals surface area contributed by atoms with Gasteiger partial charge in [0.2, 0.25) is 12.2 Å². The van der Waals surface area contributed by atoms with Crippen LogP contribution in [0.4, 0.5) is 0 Å². The van der Waals surface area contributed by atoms with E-state index >= 15 is 0 Å². The van der Waals surface area contributed by atoms with Gasteiger partial charge in [-0.2, -0.15) is 0 Å². The molecule has 0 bridgehead atoms. The van der Waals surface area contributed by atoms with Crippen LogP contribution in [0.15, 0.2) is 48.9 Å². The SMILES string of the molecule is CC(C)[C@H](NC(=O)C=O)C(=O)N1CCC[C@H]1c1ncc(-c2ccc(-c3ccccn3)nc2)[nH]1. The molecule has 3 aromatic heterocycles. The molecule has 9 nitrogen and oxygen atoms in total. The smallest absolute Gasteiger partial charge is 0.284 e. The Bertz CT molecular complexity index is 1130. The Balaban J connectivity index is 1.52. The molecule has 0 saturated carbocycles. The number of nitrogens with zero attached hydrogens (tertiary/aromatic N) is 4. The number of imidazole rings is 1. The summed E-state index contributed by atoms with van der Waals surface area (Å²) < 4.78 is 0. The lowest BCUT2D eigenvalue weighted by molar-refractivity contribution is -0.140. The standard InChI is InChI=1S/C24H26N6O3/c1-15(2)22(29-21(32)14-31)24(33)30-11-5-7-20(30)23-27-13-19(28-23)16-8-9-18(26-12-16)17-6-3-4-10-25-17/h3-4,6,8-10,12-15,20,22H,5,7,11H2,1-2H3,(H,27,28)(H,29,32)/t20-,22-/m0/s1. The lowest BCUT2D eigenvalue weighted by Crippen LogP contribution is -2.51. The van der Waals surface area contributed by atoms with E-state index in [0.29, 0.717) is 12.4 Å². The quantitative estimate of drug-likeness (QED) is 0.425. The summed E-state index contributed by atoms with van der Waals surface area (Å²) in [6, 6.07) is 8.57. The maximum Gasteiger partial charge on any atom is 0.284 e. The molecule has 2 atom stereocenters. The van der Waals surface area contributed by atoms with Crippen LogP contribution in [0.1, 0.15) is 38.6 Å². The predicted molar refractivity (Wildman–Crippen MR) is 122 cm³/mol. The van der Waals surface area contributed by atoms with Crippen molar-refractivity contribution in [3.8, 4) is 22.6 Å². The van der Waals surface area contributed by atoms with Gasteiger partial charge in [-0.25, -0.2) is 4.98 Å². The number of carbonyl (C=O) groups is 3. The summed E-state index contributed by atoms with van der Waals surface area (Å²) in [7, 11) is 0. The van der Waals surface area contributed by atoms with E-state index in [4.69, 9.17) is 0 Å². The van der Waals surface area contributed by atoms with Crippen molar-refractivity contribution in [2.75, 3.05) is 6.54 Å². The third kappa shape index (κ3) is 4.82. The van der Waals surface area contributed by atoms with Crippen molar-refractivity contribution in [3.05, 3.63) is 54.7 Å². The van der Waals surface area contributed by atoms with Crippen LogP contribution in [0.3, 0.4) is 0 Å². The average molecular weight is 447 g/mol. The Morgan fingerprint density at radius 1 is 1.12 bits per heavy atom. The number of carbonyl (C=O) groups excluding carboxylic acids is 3. The van der Waals surface area contributed by atoms with Crippen molar-refractivity contribution in [2.24, 2.45) is 5.92 Å². The molecule has 0 spiro atoms. The van der Waals surface area contributed by atoms with E-state index in [2.05, 4.69) is 25.3 Å². The molecule has 0 radical (unpaired) electrons. The minimum absolute atomic E-state index is 0.154. The Hall–Kier alpha value is -3.88. The second kappa shape index (κ2) is 9.72. The van der Waals surface area contributed by atoms with E-state index in [1.165, 1.54) is 0 Å². The van der Waals surface area contributed by atoms with Crippen LogP contribution in [0, 0.1) is 5.92 Å². The number of H-pyrrole nitrogens is 1. The van der Waals surface area contributed by atoms with Gasteiger partial charge in [-0.1, -0.05) is 19.9 Å². The van der Waals surface area contributed by atoms with E-state index in [1.807, 2.05) is 44.2 Å². The van der Waals surface area contributed by atoms with Gasteiger partial charge in [-0.3, -0.25) is 24.4 Å². The van der Waals surface area contributed by atoms with Crippen LogP contribution in [0.25, 0.3) is 22.6 Å². The van der Waals surface area contributed by atoms with Crippen LogP contribution in [0.5, 0.6) is 0 Å². The molecule has 33 heavy (non-hydrogen) atoms. The number of nitrogens with one attached hydrogen (secondary N) is 2. The fourth-order valence-corrected chi connectivity index (χ4v) is 4.07. The highest BCUT2D eigenvalue weighted by Crippen LogP contribution is 2.32. The number of aromatic amines is 1. The van der Waals surface area contributed by atoms with E-state index in [0.717, 1.165) is 35.5 Å². The summed E-state index contributed by atoms with van der Waals surface area (Å²) in [6.45, 7) is 4.25. The first kappa shape index (κ1) is 22.3. The van der Waals surface area contributed by atoms with Gasteiger partial charge in [0.15, 0.2) is 0 Å². The number of aldehydes is 1. The first-order valence-electron chi connectivity index (χ1n) is 11.0. The van der Waals surface area contributed by atoms with Gasteiger partial charge in [-0.15, -0.1) is 0 Å². The normalized spacial score (nSPS) is 16.6. The monoisotopic (exact) mass is 446 g/mol. The number of hydrogen-bond donors (Lipinski definition) is 2. The molecule has 4 heterocycles. The maximum atomic E-state index is 13.2. The molecule has 0 aromatic carbocycles. The van der Waals surface area contributed by atoms with Crippen molar-refractivity contribution >= 4 is 18.1 Å². The number of rotatable bonds is 7. The van der Waals surface area contributed by atoms with Crippen molar-refractivity contribution in [1.82, 2.24) is 30.2 Å². The molecule has 4 rings (SSSR count). The number of amides is 2. The summed E-state index contributed by atoms with van der Waals surface area (Å²) in [5, 5.41) is 2.52. The molecule has 1 aliphatic heterocycles. The van der Waals surface area contributed by atoms with Crippen molar-refractivity contribution in [1.29, 1.82) is 0 Å². The van der Waals surface area contributed by atoms with Gasteiger partial charge in [-0.05, 0) is 43.0 Å². The van der Waals surface area contributed by atoms with Gasteiger partial charge in [0, 0.05) is 24.5 Å². The fraction of sp³-hybridized carbons (Fsp3) is 0.333. The number of hydrogen-bond acceptors (Lipinski definition) is 6. The Kier molecular flexibility index (Phi) is 6.58. The summed E-state index contributed by atoms with van der Waals surface area (Å²) in [4.78, 5) is 54.0. The number of aromatic nitrogens is 4. The van der Waals surface area contributed by atoms with Crippen LogP contribution in [0.2, 0.25) is 0 Å². The van der Waals surface area contributed by atoms with E-state index in [1.54, 1.807) is 23.5 Å². The summed E-state index contributed by atoms with van der Waals surface area (Å²) >= 11 is 0. The van der Waals surface area contributed by atoms with Gasteiger partial charge in [0.25, 0.3) is 5.91 Å². The molecule has 2 amide bonds. The summed E-state index contributed by atoms with van der Waals surface area (Å²) in [5.74, 6) is -0.464. The fourth-order valence-electron chi connectivity index (χ4n) is 4.07. The third-order valence-electron chi connectivity index (χ3n) is 5.79. The number of likely N-dealkylation sites (tertiary alicyclic amines) is 1. The first-order valence-corrected chi connectivity index (χ1v) is 11.0. The first-order chi connectivity index (χ1) is 16.0. The molecule has 1 aliphatic rings. The van der Waals surface area contributed by atoms with E-state index < -0.39 is 11.9 Å². The van der Waals surface area contributed by atoms with E-state index in [9.17, 15) is 14.4 Å². The maximum absolute atomic E-state index is 13.2. The van der Waals surface area contributed by atoms with Gasteiger partial charge in [0.1, 0.15) is 11.9 Å². The molecule has 170 valence electrons. The van der Waals surface area contributed by atoms with Gasteiger partial charge >= 0.3 is 0 Å². The molecule has 1 saturated heterocycles. The Labute approximate surface area is 191 Å². The van der Waals surface area contributed by atoms with Crippen molar-refractivity contribution in [2.45, 2.75) is 38.8 Å². The van der Waals surface area contributed by atoms with Crippen molar-refractivity contribution in [3.63, 3.8) is 0 Å². The second-order valence-electron chi connectivity index (χ2n) is 8.37. The highest BCUT2D eigenvalue weighted by atomic mass is 16.2. The predicted octanol–water partition coefficient (Wildman–Crippen LogP) is 2.54. The molecular formula is C24H26N6O3. The minimum Gasteiger partial charge on any atom is -0.340 e. The zero-order chi connectivity index (χ0) is 23.4. The summed E-state index contributed by atoms with van der Waals surface area (Å²) in [6.07, 6.45) is 7.02.